The topological polar surface area (TPSA) is 81.0 Å². The molecule has 2 atom stereocenters. The highest BCUT2D eigenvalue weighted by Gasteiger charge is 2.61. The molecule has 8 rings (SSSR count). The van der Waals surface area contributed by atoms with Crippen LogP contribution in [0, 0.1) is 25.7 Å². The molecule has 3 aliphatic carbocycles. The van der Waals surface area contributed by atoms with Crippen molar-refractivity contribution in [1.29, 1.82) is 0 Å². The van der Waals surface area contributed by atoms with Crippen LogP contribution >= 0.6 is 0 Å². The van der Waals surface area contributed by atoms with E-state index >= 15 is 0 Å². The molecule has 41 heavy (non-hydrogen) atoms. The van der Waals surface area contributed by atoms with Gasteiger partial charge in [0.15, 0.2) is 0 Å². The molecule has 2 amide bonds. The van der Waals surface area contributed by atoms with E-state index in [1.807, 2.05) is 56.3 Å². The number of aromatic nitrogens is 1. The van der Waals surface area contributed by atoms with Crippen LogP contribution in [0.15, 0.2) is 84.0 Å². The first-order valence-electron chi connectivity index (χ1n) is 14.0. The van der Waals surface area contributed by atoms with Crippen LogP contribution in [0.3, 0.4) is 0 Å². The predicted molar refractivity (Wildman–Crippen MR) is 154 cm³/mol. The minimum absolute atomic E-state index is 0.156. The number of hydrogen-bond acceptors (Lipinski definition) is 5. The lowest BCUT2D eigenvalue weighted by molar-refractivity contribution is -0.139. The number of nitrogens with zero attached hydrogens (tertiary/aromatic N) is 3. The third kappa shape index (κ3) is 3.65. The van der Waals surface area contributed by atoms with Gasteiger partial charge in [-0.05, 0) is 73.4 Å². The lowest BCUT2D eigenvalue weighted by atomic mass is 9.55. The van der Waals surface area contributed by atoms with E-state index in [4.69, 9.17) is 4.74 Å². The Morgan fingerprint density at radius 1 is 0.829 bits per heavy atom. The zero-order chi connectivity index (χ0) is 28.4. The van der Waals surface area contributed by atoms with Gasteiger partial charge in [0.2, 0.25) is 0 Å². The summed E-state index contributed by atoms with van der Waals surface area (Å²) in [5.74, 6) is -2.06. The number of hydrogen-bond donors (Lipinski definition) is 0. The molecule has 1 aliphatic heterocycles. The van der Waals surface area contributed by atoms with E-state index in [9.17, 15) is 14.4 Å². The third-order valence-electron chi connectivity index (χ3n) is 8.84. The fourth-order valence-corrected chi connectivity index (χ4v) is 7.17. The van der Waals surface area contributed by atoms with E-state index in [1.165, 1.54) is 0 Å². The average molecular weight is 544 g/mol. The van der Waals surface area contributed by atoms with Crippen LogP contribution in [0.5, 0.6) is 0 Å². The molecule has 204 valence electrons. The molecular formula is C34H29N3O4. The van der Waals surface area contributed by atoms with Crippen LogP contribution in [-0.4, -0.2) is 40.2 Å². The monoisotopic (exact) mass is 543 g/mol. The van der Waals surface area contributed by atoms with Crippen molar-refractivity contribution in [2.45, 2.75) is 32.6 Å². The number of ether oxygens (including phenoxy) is 1. The lowest BCUT2D eigenvalue weighted by Crippen LogP contribution is -2.41. The molecule has 0 unspecified atom stereocenters. The number of aryl methyl sites for hydroxylation is 1. The summed E-state index contributed by atoms with van der Waals surface area (Å²) in [5, 5.41) is 5.61. The second-order valence-corrected chi connectivity index (χ2v) is 10.9. The molecular weight excluding hydrogens is 514 g/mol. The van der Waals surface area contributed by atoms with Crippen LogP contribution in [0.4, 0.5) is 0 Å². The number of esters is 1. The third-order valence-corrected chi connectivity index (χ3v) is 8.84. The molecule has 0 spiro atoms. The highest BCUT2D eigenvalue weighted by atomic mass is 16.5. The molecule has 4 aromatic rings. The Labute approximate surface area is 238 Å². The molecule has 1 aromatic heterocycles. The SMILES string of the molecule is CCOC(=O)c1ccc(-n2c(C)cc(/C=N\N3C(=O)[C@H]4C5c6ccccc6C(c6ccccc65)[C@@H]4C3=O)c2C)cc1. The fraction of sp³-hybridized carbons (Fsp3) is 0.235. The van der Waals surface area contributed by atoms with Gasteiger partial charge in [0.05, 0.1) is 30.2 Å². The van der Waals surface area contributed by atoms with Crippen molar-refractivity contribution in [2.75, 3.05) is 6.61 Å². The Morgan fingerprint density at radius 3 is 1.83 bits per heavy atom. The Balaban J connectivity index is 1.20. The van der Waals surface area contributed by atoms with E-state index in [0.29, 0.717) is 12.2 Å². The normalized spacial score (nSPS) is 22.2. The van der Waals surface area contributed by atoms with Crippen molar-refractivity contribution in [3.63, 3.8) is 0 Å². The van der Waals surface area contributed by atoms with Gasteiger partial charge < -0.3 is 9.30 Å². The number of rotatable bonds is 5. The summed E-state index contributed by atoms with van der Waals surface area (Å²) >= 11 is 0. The number of benzene rings is 3. The average Bonchev–Trinajstić information content (AvgIpc) is 3.42. The second-order valence-electron chi connectivity index (χ2n) is 10.9. The first kappa shape index (κ1) is 25.2. The number of carbonyl (C=O) groups is 3. The number of hydrazone groups is 1. The lowest BCUT2D eigenvalue weighted by Gasteiger charge is -2.45. The van der Waals surface area contributed by atoms with E-state index in [2.05, 4.69) is 33.9 Å². The second kappa shape index (κ2) is 9.41. The zero-order valence-electron chi connectivity index (χ0n) is 23.1. The Kier molecular flexibility index (Phi) is 5.78. The minimum atomic E-state index is -0.459. The van der Waals surface area contributed by atoms with Crippen LogP contribution in [-0.2, 0) is 14.3 Å². The van der Waals surface area contributed by atoms with E-state index < -0.39 is 11.8 Å². The summed E-state index contributed by atoms with van der Waals surface area (Å²) < 4.78 is 7.14. The smallest absolute Gasteiger partial charge is 0.338 e. The van der Waals surface area contributed by atoms with Gasteiger partial charge in [0, 0.05) is 34.5 Å². The van der Waals surface area contributed by atoms with Gasteiger partial charge in [-0.3, -0.25) is 9.59 Å². The number of carbonyl (C=O) groups excluding carboxylic acids is 3. The van der Waals surface area contributed by atoms with Crippen molar-refractivity contribution in [3.05, 3.63) is 124 Å². The van der Waals surface area contributed by atoms with Gasteiger partial charge in [0.1, 0.15) is 0 Å². The van der Waals surface area contributed by atoms with Gasteiger partial charge in [-0.2, -0.15) is 10.1 Å². The first-order valence-corrected chi connectivity index (χ1v) is 14.0. The van der Waals surface area contributed by atoms with Gasteiger partial charge in [-0.1, -0.05) is 48.5 Å². The van der Waals surface area contributed by atoms with Crippen LogP contribution in [0.25, 0.3) is 5.69 Å². The van der Waals surface area contributed by atoms with Gasteiger partial charge in [-0.25, -0.2) is 4.79 Å². The first-order chi connectivity index (χ1) is 19.9. The maximum atomic E-state index is 13.8. The fourth-order valence-electron chi connectivity index (χ4n) is 7.17. The predicted octanol–water partition coefficient (Wildman–Crippen LogP) is 5.50. The molecule has 2 bridgehead atoms. The molecule has 2 heterocycles. The molecule has 7 heteroatoms. The summed E-state index contributed by atoms with van der Waals surface area (Å²) in [6.07, 6.45) is 1.61. The van der Waals surface area contributed by atoms with Crippen LogP contribution in [0.1, 0.15) is 68.3 Å². The zero-order valence-corrected chi connectivity index (χ0v) is 23.1. The summed E-state index contributed by atoms with van der Waals surface area (Å²) in [7, 11) is 0. The van der Waals surface area contributed by atoms with Gasteiger partial charge >= 0.3 is 5.97 Å². The number of imide groups is 1. The van der Waals surface area contributed by atoms with Gasteiger partial charge in [0.25, 0.3) is 11.8 Å². The molecule has 7 nitrogen and oxygen atoms in total. The summed E-state index contributed by atoms with van der Waals surface area (Å²) in [6.45, 7) is 6.05. The molecule has 0 saturated carbocycles. The van der Waals surface area contributed by atoms with E-state index in [0.717, 1.165) is 49.9 Å². The van der Waals surface area contributed by atoms with Crippen molar-refractivity contribution in [2.24, 2.45) is 16.9 Å². The maximum absolute atomic E-state index is 13.8. The van der Waals surface area contributed by atoms with Crippen molar-refractivity contribution in [1.82, 2.24) is 9.58 Å². The Hall–Kier alpha value is -4.78. The van der Waals surface area contributed by atoms with Gasteiger partial charge in [-0.15, -0.1) is 0 Å². The van der Waals surface area contributed by atoms with Crippen LogP contribution < -0.4 is 0 Å². The molecule has 0 N–H and O–H groups in total. The van der Waals surface area contributed by atoms with E-state index in [-0.39, 0.29) is 29.6 Å². The largest absolute Gasteiger partial charge is 0.462 e. The molecule has 3 aromatic carbocycles. The Bertz CT molecular complexity index is 1650. The summed E-state index contributed by atoms with van der Waals surface area (Å²) in [6, 6.07) is 25.6. The highest BCUT2D eigenvalue weighted by molar-refractivity contribution is 6.08. The molecule has 1 saturated heterocycles. The summed E-state index contributed by atoms with van der Waals surface area (Å²) in [4.78, 5) is 39.7. The van der Waals surface area contributed by atoms with Crippen molar-refractivity contribution < 1.29 is 19.1 Å². The number of amides is 2. The molecule has 1 fully saturated rings. The molecule has 4 aliphatic rings. The van der Waals surface area contributed by atoms with Crippen molar-refractivity contribution in [3.8, 4) is 5.69 Å². The summed E-state index contributed by atoms with van der Waals surface area (Å²) in [5.41, 5.74) is 8.62. The Morgan fingerprint density at radius 2 is 1.34 bits per heavy atom. The maximum Gasteiger partial charge on any atom is 0.338 e. The van der Waals surface area contributed by atoms with Crippen LogP contribution in [0.2, 0.25) is 0 Å². The molecule has 0 radical (unpaired) electrons. The van der Waals surface area contributed by atoms with E-state index in [1.54, 1.807) is 25.3 Å². The highest BCUT2D eigenvalue weighted by Crippen LogP contribution is 2.60. The standard InChI is InChI=1S/C34H29N3O4/c1-4-41-34(40)21-13-15-23(16-14-21)36-19(2)17-22(20(36)3)18-35-37-32(38)30-28-24-9-5-6-10-25(24)29(31(30)33(37)39)27-12-8-7-11-26(27)28/h5-18,28-31H,4H2,1-3H3/b35-18-/t28?,29?,30-,31-/m0/s1. The quantitative estimate of drug-likeness (QED) is 0.189. The van der Waals surface area contributed by atoms with Crippen molar-refractivity contribution >= 4 is 24.0 Å². The minimum Gasteiger partial charge on any atom is -0.462 e.